The molecular formula is C11H10ClN3O3S3. The molecule has 0 aliphatic rings. The maximum atomic E-state index is 12.2. The van der Waals surface area contributed by atoms with Crippen molar-refractivity contribution in [2.45, 2.75) is 11.4 Å². The van der Waals surface area contributed by atoms with Crippen molar-refractivity contribution >= 4 is 50.2 Å². The lowest BCUT2D eigenvalue weighted by Crippen LogP contribution is -2.24. The van der Waals surface area contributed by atoms with E-state index in [1.165, 1.54) is 18.2 Å². The van der Waals surface area contributed by atoms with E-state index >= 15 is 0 Å². The number of thiocarbonyl (C=S) groups is 1. The van der Waals surface area contributed by atoms with Gasteiger partial charge in [-0.1, -0.05) is 41.2 Å². The molecule has 0 saturated heterocycles. The SMILES string of the molecule is NC(=S)c1ccc(S(=O)(=O)NCc2csc(=O)[nH]2)c(Cl)c1. The highest BCUT2D eigenvalue weighted by molar-refractivity contribution is 7.89. The van der Waals surface area contributed by atoms with Crippen LogP contribution in [-0.4, -0.2) is 18.4 Å². The standard InChI is InChI=1S/C11H10ClN3O3S3/c12-8-3-6(10(13)19)1-2-9(8)21(17,18)14-4-7-5-20-11(16)15-7/h1-3,5,14H,4H2,(H2,13,19)(H,15,16). The van der Waals surface area contributed by atoms with Gasteiger partial charge in [-0.25, -0.2) is 13.1 Å². The molecule has 0 atom stereocenters. The van der Waals surface area contributed by atoms with E-state index in [0.29, 0.717) is 11.3 Å². The fourth-order valence-electron chi connectivity index (χ4n) is 1.52. The van der Waals surface area contributed by atoms with Crippen LogP contribution < -0.4 is 15.3 Å². The average molecular weight is 364 g/mol. The molecule has 1 aromatic heterocycles. The summed E-state index contributed by atoms with van der Waals surface area (Å²) in [6.45, 7) is -0.0333. The van der Waals surface area contributed by atoms with Gasteiger partial charge in [0.1, 0.15) is 9.88 Å². The molecule has 6 nitrogen and oxygen atoms in total. The Labute approximate surface area is 135 Å². The summed E-state index contributed by atoms with van der Waals surface area (Å²) in [6.07, 6.45) is 0. The molecule has 0 aliphatic carbocycles. The summed E-state index contributed by atoms with van der Waals surface area (Å²) in [7, 11) is -3.81. The molecule has 0 fully saturated rings. The zero-order valence-electron chi connectivity index (χ0n) is 10.4. The molecule has 1 aromatic carbocycles. The molecule has 1 heterocycles. The second-order valence-corrected chi connectivity index (χ2v) is 7.43. The zero-order chi connectivity index (χ0) is 15.6. The molecule has 21 heavy (non-hydrogen) atoms. The highest BCUT2D eigenvalue weighted by Crippen LogP contribution is 2.22. The Morgan fingerprint density at radius 1 is 1.48 bits per heavy atom. The van der Waals surface area contributed by atoms with Crippen molar-refractivity contribution in [1.82, 2.24) is 9.71 Å². The molecule has 2 aromatic rings. The largest absolute Gasteiger partial charge is 0.389 e. The van der Waals surface area contributed by atoms with Gasteiger partial charge in [-0.15, -0.1) is 0 Å². The summed E-state index contributed by atoms with van der Waals surface area (Å²) in [5.41, 5.74) is 6.41. The first-order valence-electron chi connectivity index (χ1n) is 5.55. The van der Waals surface area contributed by atoms with E-state index in [0.717, 1.165) is 11.3 Å². The Morgan fingerprint density at radius 2 is 2.19 bits per heavy atom. The molecule has 0 amide bonds. The number of benzene rings is 1. The van der Waals surface area contributed by atoms with E-state index in [2.05, 4.69) is 9.71 Å². The van der Waals surface area contributed by atoms with Crippen LogP contribution in [0, 0.1) is 0 Å². The number of nitrogens with one attached hydrogen (secondary N) is 2. The summed E-state index contributed by atoms with van der Waals surface area (Å²) < 4.78 is 26.7. The van der Waals surface area contributed by atoms with Gasteiger partial charge >= 0.3 is 4.87 Å². The molecular weight excluding hydrogens is 354 g/mol. The smallest absolute Gasteiger partial charge is 0.304 e. The highest BCUT2D eigenvalue weighted by atomic mass is 35.5. The van der Waals surface area contributed by atoms with E-state index in [9.17, 15) is 13.2 Å². The monoisotopic (exact) mass is 363 g/mol. The Morgan fingerprint density at radius 3 is 2.71 bits per heavy atom. The van der Waals surface area contributed by atoms with E-state index in [1.54, 1.807) is 5.38 Å². The first kappa shape index (κ1) is 16.1. The minimum absolute atomic E-state index is 0.0200. The molecule has 2 rings (SSSR count). The quantitative estimate of drug-likeness (QED) is 0.692. The lowest BCUT2D eigenvalue weighted by Gasteiger charge is -2.08. The molecule has 0 unspecified atom stereocenters. The highest BCUT2D eigenvalue weighted by Gasteiger charge is 2.18. The van der Waals surface area contributed by atoms with Crippen LogP contribution in [0.3, 0.4) is 0 Å². The van der Waals surface area contributed by atoms with Crippen LogP contribution in [0.4, 0.5) is 0 Å². The third-order valence-corrected chi connectivity index (χ3v) is 5.37. The maximum absolute atomic E-state index is 12.2. The predicted molar refractivity (Wildman–Crippen MR) is 86.3 cm³/mol. The minimum atomic E-state index is -3.81. The summed E-state index contributed by atoms with van der Waals surface area (Å²) >= 11 is 11.7. The molecule has 0 aliphatic heterocycles. The van der Waals surface area contributed by atoms with Gasteiger partial charge in [0.05, 0.1) is 11.6 Å². The number of rotatable bonds is 5. The van der Waals surface area contributed by atoms with Crippen molar-refractivity contribution < 1.29 is 8.42 Å². The molecule has 0 spiro atoms. The van der Waals surface area contributed by atoms with Crippen LogP contribution >= 0.6 is 35.2 Å². The summed E-state index contributed by atoms with van der Waals surface area (Å²) in [5, 5.41) is 1.56. The number of nitrogens with two attached hydrogens (primary N) is 1. The number of aromatic nitrogens is 1. The van der Waals surface area contributed by atoms with E-state index in [-0.39, 0.29) is 26.3 Å². The van der Waals surface area contributed by atoms with Crippen LogP contribution in [0.25, 0.3) is 0 Å². The number of hydrogen-bond donors (Lipinski definition) is 3. The molecule has 4 N–H and O–H groups in total. The Bertz CT molecular complexity index is 842. The third kappa shape index (κ3) is 3.89. The van der Waals surface area contributed by atoms with Gasteiger partial charge < -0.3 is 10.7 Å². The van der Waals surface area contributed by atoms with Crippen molar-refractivity contribution in [2.75, 3.05) is 0 Å². The summed E-state index contributed by atoms with van der Waals surface area (Å²) in [5.74, 6) is 0. The van der Waals surface area contributed by atoms with Crippen LogP contribution in [0.2, 0.25) is 5.02 Å². The predicted octanol–water partition coefficient (Wildman–Crippen LogP) is 1.20. The van der Waals surface area contributed by atoms with Crippen LogP contribution in [0.5, 0.6) is 0 Å². The van der Waals surface area contributed by atoms with Crippen LogP contribution in [0.15, 0.2) is 33.3 Å². The van der Waals surface area contributed by atoms with Crippen LogP contribution in [0.1, 0.15) is 11.3 Å². The fourth-order valence-corrected chi connectivity index (χ4v) is 3.78. The number of halogens is 1. The Hall–Kier alpha value is -1.26. The molecule has 0 saturated carbocycles. The van der Waals surface area contributed by atoms with Gasteiger partial charge in [0.15, 0.2) is 0 Å². The lowest BCUT2D eigenvalue weighted by atomic mass is 10.2. The van der Waals surface area contributed by atoms with E-state index < -0.39 is 10.0 Å². The number of hydrogen-bond acceptors (Lipinski definition) is 5. The topological polar surface area (TPSA) is 105 Å². The second kappa shape index (κ2) is 6.24. The van der Waals surface area contributed by atoms with Crippen molar-refractivity contribution in [1.29, 1.82) is 0 Å². The van der Waals surface area contributed by atoms with Gasteiger partial charge in [-0.3, -0.25) is 4.79 Å². The number of aromatic amines is 1. The van der Waals surface area contributed by atoms with Gasteiger partial charge in [0.25, 0.3) is 0 Å². The summed E-state index contributed by atoms with van der Waals surface area (Å²) in [6, 6.07) is 4.20. The number of H-pyrrole nitrogens is 1. The first-order valence-corrected chi connectivity index (χ1v) is 8.70. The van der Waals surface area contributed by atoms with Gasteiger partial charge in [0, 0.05) is 16.6 Å². The third-order valence-electron chi connectivity index (χ3n) is 2.53. The number of thiazole rings is 1. The minimum Gasteiger partial charge on any atom is -0.389 e. The molecule has 112 valence electrons. The van der Waals surface area contributed by atoms with Crippen LogP contribution in [-0.2, 0) is 16.6 Å². The van der Waals surface area contributed by atoms with Crippen molar-refractivity contribution in [3.8, 4) is 0 Å². The van der Waals surface area contributed by atoms with Crippen molar-refractivity contribution in [3.63, 3.8) is 0 Å². The fraction of sp³-hybridized carbons (Fsp3) is 0.0909. The normalized spacial score (nSPS) is 11.5. The van der Waals surface area contributed by atoms with Gasteiger partial charge in [-0.2, -0.15) is 0 Å². The lowest BCUT2D eigenvalue weighted by molar-refractivity contribution is 0.580. The second-order valence-electron chi connectivity index (χ2n) is 4.01. The zero-order valence-corrected chi connectivity index (χ0v) is 13.6. The van der Waals surface area contributed by atoms with Crippen molar-refractivity contribution in [2.24, 2.45) is 5.73 Å². The van der Waals surface area contributed by atoms with Gasteiger partial charge in [-0.05, 0) is 12.1 Å². The maximum Gasteiger partial charge on any atom is 0.304 e. The van der Waals surface area contributed by atoms with Gasteiger partial charge in [0.2, 0.25) is 10.0 Å². The van der Waals surface area contributed by atoms with Crippen molar-refractivity contribution in [3.05, 3.63) is 49.5 Å². The van der Waals surface area contributed by atoms with E-state index in [4.69, 9.17) is 29.6 Å². The van der Waals surface area contributed by atoms with E-state index in [1.807, 2.05) is 0 Å². The molecule has 10 heteroatoms. The summed E-state index contributed by atoms with van der Waals surface area (Å²) in [4.78, 5) is 13.3. The molecule has 0 radical (unpaired) electrons. The molecule has 0 bridgehead atoms. The average Bonchev–Trinajstić information content (AvgIpc) is 2.82. The number of sulfonamides is 1. The Balaban J connectivity index is 2.23. The first-order chi connectivity index (χ1) is 9.79. The Kier molecular flexibility index (Phi) is 4.79.